The van der Waals surface area contributed by atoms with Gasteiger partial charge in [0, 0.05) is 24.8 Å². The summed E-state index contributed by atoms with van der Waals surface area (Å²) in [5, 5.41) is 26.4. The number of nitrogens with one attached hydrogen (secondary N) is 2. The van der Waals surface area contributed by atoms with E-state index in [2.05, 4.69) is 20.3 Å². The molecular weight excluding hydrogens is 629 g/mol. The number of aliphatic carboxylic acids is 2. The number of nitrogens with two attached hydrogens (primary N) is 1. The van der Waals surface area contributed by atoms with Gasteiger partial charge in [0.15, 0.2) is 4.34 Å². The van der Waals surface area contributed by atoms with E-state index in [0.717, 1.165) is 31.9 Å². The molecule has 0 aliphatic carbocycles. The standard InChI is InChI=1S/C23H26N8O7S4/c1-23(2,21(36)37)38-27-16(30-7-13(24)42-28-30)17(32)26-14-18(33)31-15(20(34)35)10(8-39-19(14)31)9-40-22-25-11-6-29(3)5-4-12(11)41-22/h4-5,7,14,19,28H,6,8-9,24H2,1-3H3,(H,26,32)(H,34,35)(H,36,37)/b27-16-/t14?,19-/m1/s1. The Labute approximate surface area is 256 Å². The zero-order chi connectivity index (χ0) is 30.3. The SMILES string of the molecule is CN1C=Cc2sc(SCC3=C(C(=O)O)N4C(=O)C(NC(=O)/C(=N/OC(C)(C)C(=O)O)N5C=C(N)SN5)[C@H]4SC3)nc2C1. The fourth-order valence-electron chi connectivity index (χ4n) is 4.06. The molecule has 1 unspecified atom stereocenters. The Morgan fingerprint density at radius 3 is 2.79 bits per heavy atom. The van der Waals surface area contributed by atoms with Gasteiger partial charge in [-0.25, -0.2) is 19.6 Å². The molecule has 5 heterocycles. The molecule has 2 amide bonds. The summed E-state index contributed by atoms with van der Waals surface area (Å²) in [5.74, 6) is -3.72. The van der Waals surface area contributed by atoms with Crippen molar-refractivity contribution in [3.8, 4) is 0 Å². The summed E-state index contributed by atoms with van der Waals surface area (Å²) < 4.78 is 0.813. The molecule has 4 aliphatic rings. The van der Waals surface area contributed by atoms with Crippen LogP contribution in [0.5, 0.6) is 0 Å². The van der Waals surface area contributed by atoms with Crippen LogP contribution in [0.4, 0.5) is 0 Å². The maximum atomic E-state index is 13.2. The average Bonchev–Trinajstić information content (AvgIpc) is 3.54. The van der Waals surface area contributed by atoms with Crippen LogP contribution in [0.25, 0.3) is 6.08 Å². The van der Waals surface area contributed by atoms with E-state index in [0.29, 0.717) is 28.7 Å². The number of aromatic nitrogens is 1. The van der Waals surface area contributed by atoms with Gasteiger partial charge in [0.2, 0.25) is 5.60 Å². The number of amidine groups is 1. The predicted octanol–water partition coefficient (Wildman–Crippen LogP) is 0.809. The van der Waals surface area contributed by atoms with Gasteiger partial charge in [0.25, 0.3) is 17.6 Å². The third kappa shape index (κ3) is 5.91. The van der Waals surface area contributed by atoms with Crippen molar-refractivity contribution in [1.82, 2.24) is 29.9 Å². The lowest BCUT2D eigenvalue weighted by Gasteiger charge is -2.49. The zero-order valence-corrected chi connectivity index (χ0v) is 25.7. The van der Waals surface area contributed by atoms with E-state index in [4.69, 9.17) is 10.6 Å². The summed E-state index contributed by atoms with van der Waals surface area (Å²) in [6, 6.07) is -1.05. The number of thiazole rings is 1. The van der Waals surface area contributed by atoms with E-state index >= 15 is 0 Å². The summed E-state index contributed by atoms with van der Waals surface area (Å²) in [6.45, 7) is 3.21. The molecule has 19 heteroatoms. The molecule has 5 rings (SSSR count). The molecule has 1 aromatic heterocycles. The topological polar surface area (TPSA) is 203 Å². The van der Waals surface area contributed by atoms with Gasteiger partial charge in [-0.15, -0.1) is 23.1 Å². The van der Waals surface area contributed by atoms with E-state index in [1.807, 2.05) is 24.2 Å². The van der Waals surface area contributed by atoms with E-state index in [-0.39, 0.29) is 5.70 Å². The largest absolute Gasteiger partial charge is 0.478 e. The Morgan fingerprint density at radius 2 is 2.12 bits per heavy atom. The first-order chi connectivity index (χ1) is 19.9. The Balaban J connectivity index is 1.29. The number of carbonyl (C=O) groups is 4. The third-order valence-electron chi connectivity index (χ3n) is 6.32. The second-order valence-corrected chi connectivity index (χ2v) is 14.1. The molecule has 4 aliphatic heterocycles. The summed E-state index contributed by atoms with van der Waals surface area (Å²) in [7, 11) is 1.96. The van der Waals surface area contributed by atoms with Gasteiger partial charge in [-0.2, -0.15) is 4.83 Å². The van der Waals surface area contributed by atoms with E-state index < -0.39 is 46.6 Å². The van der Waals surface area contributed by atoms with Crippen LogP contribution in [0.1, 0.15) is 24.4 Å². The molecule has 0 aromatic carbocycles. The molecule has 0 bridgehead atoms. The van der Waals surface area contributed by atoms with Gasteiger partial charge < -0.3 is 31.0 Å². The van der Waals surface area contributed by atoms with Crippen LogP contribution >= 0.6 is 46.8 Å². The number of hydrogen-bond acceptors (Lipinski definition) is 14. The summed E-state index contributed by atoms with van der Waals surface area (Å²) in [5.41, 5.74) is 5.45. The lowest BCUT2D eigenvalue weighted by atomic mass is 10.0. The monoisotopic (exact) mass is 654 g/mol. The van der Waals surface area contributed by atoms with Gasteiger partial charge >= 0.3 is 11.9 Å². The molecule has 15 nitrogen and oxygen atoms in total. The quantitative estimate of drug-likeness (QED) is 0.0657. The maximum absolute atomic E-state index is 13.2. The van der Waals surface area contributed by atoms with Crippen molar-refractivity contribution >= 4 is 82.5 Å². The number of carbonyl (C=O) groups excluding carboxylic acids is 2. The highest BCUT2D eigenvalue weighted by Gasteiger charge is 2.54. The average molecular weight is 655 g/mol. The molecule has 1 aromatic rings. The highest BCUT2D eigenvalue weighted by Crippen LogP contribution is 2.42. The van der Waals surface area contributed by atoms with Crippen molar-refractivity contribution < 1.29 is 34.2 Å². The van der Waals surface area contributed by atoms with Gasteiger partial charge in [0.1, 0.15) is 22.1 Å². The minimum absolute atomic E-state index is 0.101. The van der Waals surface area contributed by atoms with Crippen LogP contribution in [0.3, 0.4) is 0 Å². The van der Waals surface area contributed by atoms with Crippen LogP contribution < -0.4 is 15.9 Å². The second kappa shape index (κ2) is 11.7. The number of amides is 2. The summed E-state index contributed by atoms with van der Waals surface area (Å²) in [4.78, 5) is 66.9. The number of hydrogen-bond donors (Lipinski definition) is 5. The fraction of sp³-hybridized carbons (Fsp3) is 0.391. The smallest absolute Gasteiger partial charge is 0.352 e. The number of rotatable bonds is 8. The number of carboxylic acid groups (broad SMARTS) is 2. The van der Waals surface area contributed by atoms with E-state index in [9.17, 15) is 29.4 Å². The number of oxime groups is 1. The van der Waals surface area contributed by atoms with E-state index in [1.165, 1.54) is 59.8 Å². The molecule has 0 radical (unpaired) electrons. The fourth-order valence-corrected chi connectivity index (χ4v) is 8.13. The molecule has 6 N–H and O–H groups in total. The van der Waals surface area contributed by atoms with E-state index in [1.54, 1.807) is 0 Å². The summed E-state index contributed by atoms with van der Waals surface area (Å²) in [6.07, 6.45) is 5.32. The van der Waals surface area contributed by atoms with Crippen LogP contribution in [0.15, 0.2) is 38.2 Å². The second-order valence-electron chi connectivity index (χ2n) is 9.84. The lowest BCUT2D eigenvalue weighted by Crippen LogP contribution is -2.71. The van der Waals surface area contributed by atoms with Crippen LogP contribution in [-0.4, -0.2) is 95.2 Å². The molecule has 2 atom stereocenters. The van der Waals surface area contributed by atoms with Gasteiger partial charge in [-0.3, -0.25) is 14.5 Å². The minimum atomic E-state index is -1.75. The molecule has 1 fully saturated rings. The van der Waals surface area contributed by atoms with Gasteiger partial charge in [0.05, 0.1) is 23.3 Å². The van der Waals surface area contributed by atoms with Crippen LogP contribution in [-0.2, 0) is 30.6 Å². The number of nitrogens with zero attached hydrogens (tertiary/aromatic N) is 5. The molecule has 0 saturated carbocycles. The normalized spacial score (nSPS) is 22.0. The van der Waals surface area contributed by atoms with Crippen molar-refractivity contribution in [2.45, 2.75) is 41.7 Å². The first-order valence-electron chi connectivity index (χ1n) is 12.3. The zero-order valence-electron chi connectivity index (χ0n) is 22.4. The Morgan fingerprint density at radius 1 is 1.36 bits per heavy atom. The van der Waals surface area contributed by atoms with Crippen molar-refractivity contribution in [2.75, 3.05) is 18.6 Å². The highest BCUT2D eigenvalue weighted by molar-refractivity contribution is 8.02. The lowest BCUT2D eigenvalue weighted by molar-refractivity contribution is -0.161. The van der Waals surface area contributed by atoms with Crippen LogP contribution in [0, 0.1) is 0 Å². The van der Waals surface area contributed by atoms with Crippen LogP contribution in [0.2, 0.25) is 0 Å². The minimum Gasteiger partial charge on any atom is -0.478 e. The highest BCUT2D eigenvalue weighted by atomic mass is 32.2. The third-order valence-corrected chi connectivity index (χ3v) is 10.6. The number of hydrazine groups is 1. The molecule has 1 saturated heterocycles. The van der Waals surface area contributed by atoms with Gasteiger partial charge in [-0.05, 0) is 37.4 Å². The number of fused-ring (bicyclic) bond motifs is 2. The predicted molar refractivity (Wildman–Crippen MR) is 158 cm³/mol. The molecular formula is C23H26N8O7S4. The van der Waals surface area contributed by atoms with Crippen molar-refractivity contribution in [3.63, 3.8) is 0 Å². The van der Waals surface area contributed by atoms with Crippen molar-refractivity contribution in [1.29, 1.82) is 0 Å². The van der Waals surface area contributed by atoms with Crippen molar-refractivity contribution in [3.05, 3.63) is 39.3 Å². The Bertz CT molecular complexity index is 1470. The van der Waals surface area contributed by atoms with Gasteiger partial charge in [-0.1, -0.05) is 16.9 Å². The molecule has 224 valence electrons. The number of β-lactam (4-membered cyclic amide) rings is 1. The Kier molecular flexibility index (Phi) is 8.39. The molecule has 42 heavy (non-hydrogen) atoms. The number of carboxylic acids is 2. The first-order valence-corrected chi connectivity index (χ1v) is 15.9. The Hall–Kier alpha value is -3.39. The molecule has 0 spiro atoms. The first kappa shape index (κ1) is 30.1. The number of thioether (sulfide) groups is 2. The van der Waals surface area contributed by atoms with Crippen molar-refractivity contribution in [2.24, 2.45) is 10.9 Å². The maximum Gasteiger partial charge on any atom is 0.352 e. The summed E-state index contributed by atoms with van der Waals surface area (Å²) >= 11 is 5.27.